The van der Waals surface area contributed by atoms with Crippen LogP contribution in [0.5, 0.6) is 11.5 Å². The molecule has 3 aromatic rings. The Bertz CT molecular complexity index is 1120. The van der Waals surface area contributed by atoms with Crippen LogP contribution in [0.1, 0.15) is 37.3 Å². The van der Waals surface area contributed by atoms with Gasteiger partial charge in [-0.1, -0.05) is 41.4 Å². The molecule has 34 heavy (non-hydrogen) atoms. The molecule has 0 unspecified atom stereocenters. The zero-order valence-corrected chi connectivity index (χ0v) is 20.8. The first-order valence-electron chi connectivity index (χ1n) is 11.6. The first-order valence-corrected chi connectivity index (χ1v) is 12.4. The minimum Gasteiger partial charge on any atom is -0.490 e. The molecule has 0 aromatic heterocycles. The maximum absolute atomic E-state index is 13.9. The van der Waals surface area contributed by atoms with Gasteiger partial charge in [0.1, 0.15) is 12.4 Å². The second kappa shape index (κ2) is 11.7. The Hall–Kier alpha value is -2.63. The van der Waals surface area contributed by atoms with E-state index >= 15 is 0 Å². The number of rotatable bonds is 9. The third kappa shape index (κ3) is 6.08. The zero-order chi connectivity index (χ0) is 23.9. The molecule has 0 radical (unpaired) electrons. The molecular weight excluding hydrogens is 474 g/mol. The van der Waals surface area contributed by atoms with Gasteiger partial charge in [-0.15, -0.1) is 0 Å². The van der Waals surface area contributed by atoms with Gasteiger partial charge in [0.15, 0.2) is 11.5 Å². The lowest BCUT2D eigenvalue weighted by atomic mass is 10.1. The highest BCUT2D eigenvalue weighted by molar-refractivity contribution is 6.33. The fourth-order valence-corrected chi connectivity index (χ4v) is 4.59. The third-order valence-corrected chi connectivity index (χ3v) is 6.54. The topological polar surface area (TPSA) is 33.7 Å². The van der Waals surface area contributed by atoms with E-state index in [0.717, 1.165) is 35.1 Å². The number of nitrogens with one attached hydrogen (secondary N) is 1. The van der Waals surface area contributed by atoms with Crippen molar-refractivity contribution >= 4 is 34.6 Å². The molecule has 1 heterocycles. The summed E-state index contributed by atoms with van der Waals surface area (Å²) >= 11 is 13.1. The maximum Gasteiger partial charge on any atom is 0.163 e. The van der Waals surface area contributed by atoms with E-state index in [9.17, 15) is 4.39 Å². The van der Waals surface area contributed by atoms with Crippen LogP contribution in [0.3, 0.4) is 0 Å². The van der Waals surface area contributed by atoms with Gasteiger partial charge in [-0.05, 0) is 62.1 Å². The summed E-state index contributed by atoms with van der Waals surface area (Å²) in [6.07, 6.45) is 3.69. The molecule has 7 heteroatoms. The lowest BCUT2D eigenvalue weighted by Gasteiger charge is -2.29. The summed E-state index contributed by atoms with van der Waals surface area (Å²) in [5.74, 6) is 0.739. The molecule has 0 amide bonds. The predicted octanol–water partition coefficient (Wildman–Crippen LogP) is 7.71. The van der Waals surface area contributed by atoms with Crippen LogP contribution in [-0.4, -0.2) is 19.7 Å². The van der Waals surface area contributed by atoms with Crippen LogP contribution in [0.4, 0.5) is 15.8 Å². The summed E-state index contributed by atoms with van der Waals surface area (Å²) < 4.78 is 25.6. The summed E-state index contributed by atoms with van der Waals surface area (Å²) in [6.45, 7) is 5.05. The van der Waals surface area contributed by atoms with Gasteiger partial charge in [0.05, 0.1) is 17.3 Å². The lowest BCUT2D eigenvalue weighted by Crippen LogP contribution is -2.29. The molecule has 0 bridgehead atoms. The van der Waals surface area contributed by atoms with Crippen LogP contribution in [-0.2, 0) is 13.2 Å². The molecule has 1 aliphatic heterocycles. The van der Waals surface area contributed by atoms with Gasteiger partial charge in [-0.2, -0.15) is 0 Å². The van der Waals surface area contributed by atoms with E-state index in [4.69, 9.17) is 32.7 Å². The molecule has 0 aliphatic carbocycles. The molecule has 3 aromatic carbocycles. The zero-order valence-electron chi connectivity index (χ0n) is 19.3. The van der Waals surface area contributed by atoms with E-state index in [-0.39, 0.29) is 12.4 Å². The van der Waals surface area contributed by atoms with Crippen LogP contribution < -0.4 is 19.7 Å². The Morgan fingerprint density at radius 1 is 0.882 bits per heavy atom. The van der Waals surface area contributed by atoms with Gasteiger partial charge in [-0.25, -0.2) is 4.39 Å². The van der Waals surface area contributed by atoms with E-state index in [0.29, 0.717) is 35.2 Å². The van der Waals surface area contributed by atoms with Crippen LogP contribution in [0.2, 0.25) is 10.0 Å². The Balaban J connectivity index is 1.45. The van der Waals surface area contributed by atoms with Crippen LogP contribution in [0, 0.1) is 5.82 Å². The highest BCUT2D eigenvalue weighted by Crippen LogP contribution is 2.35. The minimum absolute atomic E-state index is 0.0859. The molecule has 180 valence electrons. The quantitative estimate of drug-likeness (QED) is 0.324. The number of anilines is 2. The molecule has 0 spiro atoms. The molecule has 1 aliphatic rings. The largest absolute Gasteiger partial charge is 0.490 e. The molecule has 0 saturated carbocycles. The second-order valence-electron chi connectivity index (χ2n) is 8.27. The fraction of sp³-hybridized carbons (Fsp3) is 0.333. The van der Waals surface area contributed by atoms with Crippen molar-refractivity contribution in [2.24, 2.45) is 0 Å². The predicted molar refractivity (Wildman–Crippen MR) is 138 cm³/mol. The number of piperidine rings is 1. The van der Waals surface area contributed by atoms with Gasteiger partial charge in [-0.3, -0.25) is 0 Å². The Kier molecular flexibility index (Phi) is 8.41. The molecule has 1 saturated heterocycles. The van der Waals surface area contributed by atoms with Gasteiger partial charge in [0.2, 0.25) is 0 Å². The van der Waals surface area contributed by atoms with Crippen molar-refractivity contribution < 1.29 is 13.9 Å². The minimum atomic E-state index is -0.308. The summed E-state index contributed by atoms with van der Waals surface area (Å²) in [6, 6.07) is 16.2. The number of benzene rings is 3. The molecule has 1 fully saturated rings. The standard InChI is InChI=1S/C27H29Cl2FN2O2/c1-2-33-26-14-20(22(28)16-27(26)34-18-19-8-4-5-9-24(19)30)17-31-21-10-11-25(23(29)15-21)32-12-6-3-7-13-32/h4-5,8-11,14-16,31H,2-3,6-7,12-13,17-18H2,1H3. The van der Waals surface area contributed by atoms with E-state index in [2.05, 4.69) is 16.3 Å². The van der Waals surface area contributed by atoms with Gasteiger partial charge >= 0.3 is 0 Å². The molecule has 4 rings (SSSR count). The summed E-state index contributed by atoms with van der Waals surface area (Å²) in [5, 5.41) is 4.67. The Morgan fingerprint density at radius 3 is 2.38 bits per heavy atom. The van der Waals surface area contributed by atoms with E-state index in [1.165, 1.54) is 25.3 Å². The average molecular weight is 503 g/mol. The summed E-state index contributed by atoms with van der Waals surface area (Å²) in [4.78, 5) is 2.35. The SMILES string of the molecule is CCOc1cc(CNc2ccc(N3CCCCC3)c(Cl)c2)c(Cl)cc1OCc1ccccc1F. The number of ether oxygens (including phenoxy) is 2. The van der Waals surface area contributed by atoms with E-state index in [1.54, 1.807) is 24.3 Å². The van der Waals surface area contributed by atoms with Crippen LogP contribution >= 0.6 is 23.2 Å². The molecular formula is C27H29Cl2FN2O2. The Morgan fingerprint density at radius 2 is 1.65 bits per heavy atom. The monoisotopic (exact) mass is 502 g/mol. The highest BCUT2D eigenvalue weighted by atomic mass is 35.5. The molecule has 0 atom stereocenters. The molecule has 1 N–H and O–H groups in total. The number of nitrogens with zero attached hydrogens (tertiary/aromatic N) is 1. The van der Waals surface area contributed by atoms with Gasteiger partial charge in [0.25, 0.3) is 0 Å². The summed E-state index contributed by atoms with van der Waals surface area (Å²) in [5.41, 5.74) is 3.33. The number of halogens is 3. The Labute approximate surface area is 210 Å². The van der Waals surface area contributed by atoms with Crippen molar-refractivity contribution in [3.63, 3.8) is 0 Å². The smallest absolute Gasteiger partial charge is 0.163 e. The van der Waals surface area contributed by atoms with Crippen molar-refractivity contribution in [3.8, 4) is 11.5 Å². The van der Waals surface area contributed by atoms with Crippen LogP contribution in [0.25, 0.3) is 0 Å². The average Bonchev–Trinajstić information content (AvgIpc) is 2.84. The molecule has 4 nitrogen and oxygen atoms in total. The fourth-order valence-electron chi connectivity index (χ4n) is 4.07. The summed E-state index contributed by atoms with van der Waals surface area (Å²) in [7, 11) is 0. The van der Waals surface area contributed by atoms with Crippen molar-refractivity contribution in [1.29, 1.82) is 0 Å². The normalized spacial score (nSPS) is 13.6. The number of hydrogen-bond donors (Lipinski definition) is 1. The highest BCUT2D eigenvalue weighted by Gasteiger charge is 2.15. The lowest BCUT2D eigenvalue weighted by molar-refractivity contribution is 0.265. The third-order valence-electron chi connectivity index (χ3n) is 5.88. The van der Waals surface area contributed by atoms with Crippen molar-refractivity contribution in [3.05, 3.63) is 81.6 Å². The van der Waals surface area contributed by atoms with Crippen LogP contribution in [0.15, 0.2) is 54.6 Å². The van der Waals surface area contributed by atoms with Gasteiger partial charge in [0, 0.05) is 42.0 Å². The van der Waals surface area contributed by atoms with Gasteiger partial charge < -0.3 is 19.7 Å². The van der Waals surface area contributed by atoms with E-state index < -0.39 is 0 Å². The maximum atomic E-state index is 13.9. The van der Waals surface area contributed by atoms with Crippen molar-refractivity contribution in [1.82, 2.24) is 0 Å². The van der Waals surface area contributed by atoms with Crippen molar-refractivity contribution in [2.75, 3.05) is 29.9 Å². The second-order valence-corrected chi connectivity index (χ2v) is 9.09. The first-order chi connectivity index (χ1) is 16.5. The van der Waals surface area contributed by atoms with Crippen molar-refractivity contribution in [2.45, 2.75) is 39.3 Å². The first kappa shape index (κ1) is 24.5. The van der Waals surface area contributed by atoms with E-state index in [1.807, 2.05) is 25.1 Å². The number of hydrogen-bond acceptors (Lipinski definition) is 4.